The van der Waals surface area contributed by atoms with Gasteiger partial charge >= 0.3 is 6.16 Å². The second-order valence-corrected chi connectivity index (χ2v) is 4.45. The van der Waals surface area contributed by atoms with Crippen molar-refractivity contribution < 1.29 is 19.2 Å². The Morgan fingerprint density at radius 3 is 2.67 bits per heavy atom. The smallest absolute Gasteiger partial charge is 0.433 e. The topological polar surface area (TPSA) is 94.2 Å². The van der Waals surface area contributed by atoms with Crippen LogP contribution in [-0.2, 0) is 14.4 Å². The summed E-state index contributed by atoms with van der Waals surface area (Å²) in [6, 6.07) is 7.00. The molecule has 0 aromatic heterocycles. The number of amides is 1. The standard InChI is InChI=1S/C14H17N3O4/c1-2-20-14(19)21-16-13(15)10-5-7-11(8-6-10)17-9-3-4-12(17)18/h5-8H,2-4,9H2,1H3,(H2,15,16). The van der Waals surface area contributed by atoms with Gasteiger partial charge in [0, 0.05) is 24.2 Å². The third-order valence-electron chi connectivity index (χ3n) is 3.03. The summed E-state index contributed by atoms with van der Waals surface area (Å²) in [5, 5.41) is 3.49. The van der Waals surface area contributed by atoms with Gasteiger partial charge in [-0.25, -0.2) is 4.79 Å². The van der Waals surface area contributed by atoms with Gasteiger partial charge < -0.3 is 15.4 Å². The molecule has 112 valence electrons. The highest BCUT2D eigenvalue weighted by molar-refractivity contribution is 5.99. The molecule has 1 saturated heterocycles. The zero-order valence-corrected chi connectivity index (χ0v) is 11.7. The highest BCUT2D eigenvalue weighted by Gasteiger charge is 2.21. The quantitative estimate of drug-likeness (QED) is 0.299. The molecule has 2 rings (SSSR count). The average molecular weight is 291 g/mol. The lowest BCUT2D eigenvalue weighted by molar-refractivity contribution is -0.117. The molecule has 0 spiro atoms. The zero-order valence-electron chi connectivity index (χ0n) is 11.7. The predicted octanol–water partition coefficient (Wildman–Crippen LogP) is 1.61. The van der Waals surface area contributed by atoms with E-state index in [1.165, 1.54) is 0 Å². The molecule has 1 aromatic rings. The SMILES string of the molecule is CCOC(=O)O/N=C(\N)c1ccc(N2CCCC2=O)cc1. The largest absolute Gasteiger partial charge is 0.535 e. The molecule has 1 aliphatic heterocycles. The molecule has 1 aromatic carbocycles. The van der Waals surface area contributed by atoms with Crippen molar-refractivity contribution in [1.82, 2.24) is 0 Å². The van der Waals surface area contributed by atoms with Gasteiger partial charge in [0.25, 0.3) is 0 Å². The van der Waals surface area contributed by atoms with Crippen molar-refractivity contribution in [2.75, 3.05) is 18.1 Å². The molecule has 1 aliphatic rings. The fraction of sp³-hybridized carbons (Fsp3) is 0.357. The van der Waals surface area contributed by atoms with Crippen molar-refractivity contribution in [3.63, 3.8) is 0 Å². The number of hydrogen-bond donors (Lipinski definition) is 1. The van der Waals surface area contributed by atoms with E-state index in [1.54, 1.807) is 36.1 Å². The molecule has 0 aliphatic carbocycles. The molecule has 2 N–H and O–H groups in total. The highest BCUT2D eigenvalue weighted by Crippen LogP contribution is 2.21. The number of nitrogens with two attached hydrogens (primary N) is 1. The minimum atomic E-state index is -0.903. The van der Waals surface area contributed by atoms with Crippen LogP contribution in [0.4, 0.5) is 10.5 Å². The van der Waals surface area contributed by atoms with Crippen LogP contribution in [-0.4, -0.2) is 31.0 Å². The summed E-state index contributed by atoms with van der Waals surface area (Å²) in [6.07, 6.45) is 0.552. The minimum Gasteiger partial charge on any atom is -0.433 e. The first-order valence-corrected chi connectivity index (χ1v) is 6.70. The Kier molecular flexibility index (Phi) is 4.76. The molecular weight excluding hydrogens is 274 g/mol. The van der Waals surface area contributed by atoms with Crippen LogP contribution in [0.15, 0.2) is 29.4 Å². The van der Waals surface area contributed by atoms with Crippen molar-refractivity contribution in [2.45, 2.75) is 19.8 Å². The lowest BCUT2D eigenvalue weighted by atomic mass is 10.2. The van der Waals surface area contributed by atoms with E-state index in [9.17, 15) is 9.59 Å². The number of amidine groups is 1. The van der Waals surface area contributed by atoms with Gasteiger partial charge in [-0.05, 0) is 37.6 Å². The lowest BCUT2D eigenvalue weighted by Crippen LogP contribution is -2.23. The molecule has 1 fully saturated rings. The van der Waals surface area contributed by atoms with Gasteiger partial charge in [-0.3, -0.25) is 9.63 Å². The average Bonchev–Trinajstić information content (AvgIpc) is 2.91. The first kappa shape index (κ1) is 14.8. The fourth-order valence-corrected chi connectivity index (χ4v) is 2.02. The van der Waals surface area contributed by atoms with Gasteiger partial charge in [0.2, 0.25) is 5.91 Å². The molecule has 7 heteroatoms. The Labute approximate surface area is 122 Å². The van der Waals surface area contributed by atoms with E-state index in [-0.39, 0.29) is 18.3 Å². The van der Waals surface area contributed by atoms with Crippen molar-refractivity contribution in [3.05, 3.63) is 29.8 Å². The van der Waals surface area contributed by atoms with E-state index in [0.717, 1.165) is 18.7 Å². The summed E-state index contributed by atoms with van der Waals surface area (Å²) >= 11 is 0. The first-order valence-electron chi connectivity index (χ1n) is 6.70. The molecular formula is C14H17N3O4. The summed E-state index contributed by atoms with van der Waals surface area (Å²) in [6.45, 7) is 2.59. The first-order chi connectivity index (χ1) is 10.1. The van der Waals surface area contributed by atoms with Crippen LogP contribution in [0.1, 0.15) is 25.3 Å². The van der Waals surface area contributed by atoms with Crippen LogP contribution in [0.2, 0.25) is 0 Å². The Balaban J connectivity index is 2.02. The van der Waals surface area contributed by atoms with Crippen molar-refractivity contribution in [1.29, 1.82) is 0 Å². The number of rotatable bonds is 4. The zero-order chi connectivity index (χ0) is 15.2. The number of benzene rings is 1. The number of anilines is 1. The maximum Gasteiger partial charge on any atom is 0.535 e. The third-order valence-corrected chi connectivity index (χ3v) is 3.03. The van der Waals surface area contributed by atoms with E-state index in [1.807, 2.05) is 0 Å². The molecule has 0 radical (unpaired) electrons. The molecule has 21 heavy (non-hydrogen) atoms. The Morgan fingerprint density at radius 2 is 2.10 bits per heavy atom. The third kappa shape index (κ3) is 3.71. The van der Waals surface area contributed by atoms with Gasteiger partial charge in [-0.1, -0.05) is 5.16 Å². The Morgan fingerprint density at radius 1 is 1.38 bits per heavy atom. The Hall–Kier alpha value is -2.57. The van der Waals surface area contributed by atoms with Crippen molar-refractivity contribution in [2.24, 2.45) is 10.9 Å². The van der Waals surface area contributed by atoms with E-state index < -0.39 is 6.16 Å². The summed E-state index contributed by atoms with van der Waals surface area (Å²) in [5.74, 6) is 0.178. The highest BCUT2D eigenvalue weighted by atomic mass is 16.8. The minimum absolute atomic E-state index is 0.0577. The van der Waals surface area contributed by atoms with Gasteiger partial charge in [0.05, 0.1) is 6.61 Å². The Bertz CT molecular complexity index is 554. The maximum absolute atomic E-state index is 11.6. The fourth-order valence-electron chi connectivity index (χ4n) is 2.02. The number of oxime groups is 1. The van der Waals surface area contributed by atoms with Gasteiger partial charge in [-0.2, -0.15) is 0 Å². The van der Waals surface area contributed by atoms with Crippen LogP contribution in [0, 0.1) is 0 Å². The van der Waals surface area contributed by atoms with Gasteiger partial charge in [0.15, 0.2) is 5.84 Å². The van der Waals surface area contributed by atoms with Crippen molar-refractivity contribution in [3.8, 4) is 0 Å². The summed E-state index contributed by atoms with van der Waals surface area (Å²) in [5.41, 5.74) is 7.12. The summed E-state index contributed by atoms with van der Waals surface area (Å²) < 4.78 is 4.56. The molecule has 0 saturated carbocycles. The molecule has 0 atom stereocenters. The summed E-state index contributed by atoms with van der Waals surface area (Å²) in [7, 11) is 0. The molecule has 7 nitrogen and oxygen atoms in total. The normalized spacial score (nSPS) is 15.2. The van der Waals surface area contributed by atoms with Crippen LogP contribution in [0.5, 0.6) is 0 Å². The van der Waals surface area contributed by atoms with E-state index in [4.69, 9.17) is 5.73 Å². The van der Waals surface area contributed by atoms with Crippen molar-refractivity contribution >= 4 is 23.6 Å². The van der Waals surface area contributed by atoms with E-state index in [2.05, 4.69) is 14.7 Å². The molecule has 0 unspecified atom stereocenters. The maximum atomic E-state index is 11.6. The molecule has 0 bridgehead atoms. The second-order valence-electron chi connectivity index (χ2n) is 4.45. The monoisotopic (exact) mass is 291 g/mol. The molecule has 1 heterocycles. The lowest BCUT2D eigenvalue weighted by Gasteiger charge is -2.15. The number of hydrogen-bond acceptors (Lipinski definition) is 5. The van der Waals surface area contributed by atoms with Crippen LogP contribution in [0.25, 0.3) is 0 Å². The second kappa shape index (κ2) is 6.74. The van der Waals surface area contributed by atoms with E-state index >= 15 is 0 Å². The molecule has 1 amide bonds. The predicted molar refractivity (Wildman–Crippen MR) is 76.9 cm³/mol. The van der Waals surface area contributed by atoms with Crippen LogP contribution >= 0.6 is 0 Å². The van der Waals surface area contributed by atoms with Gasteiger partial charge in [-0.15, -0.1) is 0 Å². The number of ether oxygens (including phenoxy) is 1. The number of carbonyl (C=O) groups excluding carboxylic acids is 2. The van der Waals surface area contributed by atoms with Crippen LogP contribution in [0.3, 0.4) is 0 Å². The number of nitrogens with zero attached hydrogens (tertiary/aromatic N) is 2. The summed E-state index contributed by atoms with van der Waals surface area (Å²) in [4.78, 5) is 28.8. The van der Waals surface area contributed by atoms with Crippen LogP contribution < -0.4 is 10.6 Å². The van der Waals surface area contributed by atoms with Gasteiger partial charge in [0.1, 0.15) is 0 Å². The van der Waals surface area contributed by atoms with E-state index in [0.29, 0.717) is 12.0 Å². The number of carbonyl (C=O) groups is 2.